The first-order valence-corrected chi connectivity index (χ1v) is 9.15. The summed E-state index contributed by atoms with van der Waals surface area (Å²) in [6.07, 6.45) is 0.963. The minimum absolute atomic E-state index is 0.0346. The quantitative estimate of drug-likeness (QED) is 0.727. The fraction of sp³-hybridized carbons (Fsp3) is 0.368. The third-order valence-corrected chi connectivity index (χ3v) is 5.23. The van der Waals surface area contributed by atoms with Gasteiger partial charge in [0, 0.05) is 29.9 Å². The summed E-state index contributed by atoms with van der Waals surface area (Å²) in [5.41, 5.74) is 9.45. The Balaban J connectivity index is 1.73. The average molecular weight is 387 g/mol. The van der Waals surface area contributed by atoms with Crippen molar-refractivity contribution in [2.75, 3.05) is 12.8 Å². The molecule has 0 spiro atoms. The van der Waals surface area contributed by atoms with Crippen molar-refractivity contribution in [1.82, 2.24) is 24.5 Å². The molecule has 0 radical (unpaired) electrons. The van der Waals surface area contributed by atoms with E-state index in [0.717, 1.165) is 22.5 Å². The van der Waals surface area contributed by atoms with E-state index in [1.165, 1.54) is 0 Å². The largest absolute Gasteiger partial charge is 0.366 e. The molecule has 3 rings (SSSR count). The third-order valence-electron chi connectivity index (χ3n) is 4.98. The molecule has 2 N–H and O–H groups in total. The number of aromatic nitrogens is 4. The second kappa shape index (κ2) is 7.52. The van der Waals surface area contributed by atoms with Gasteiger partial charge in [0.05, 0.1) is 6.04 Å². The number of rotatable bonds is 5. The van der Waals surface area contributed by atoms with E-state index in [1.54, 1.807) is 9.42 Å². The fourth-order valence-corrected chi connectivity index (χ4v) is 3.30. The molecule has 0 aliphatic carbocycles. The van der Waals surface area contributed by atoms with Crippen LogP contribution in [0.4, 0.5) is 5.95 Å². The van der Waals surface area contributed by atoms with E-state index < -0.39 is 0 Å². The van der Waals surface area contributed by atoms with Gasteiger partial charge in [-0.2, -0.15) is 9.50 Å². The molecule has 2 aromatic heterocycles. The van der Waals surface area contributed by atoms with Crippen molar-refractivity contribution in [2.24, 2.45) is 0 Å². The Morgan fingerprint density at radius 1 is 1.26 bits per heavy atom. The number of nitrogen functional groups attached to an aromatic ring is 1. The SMILES string of the molecule is Cc1nc2nc(N)nn2c(C)c1CCC(=O)N(C)C(C)c1ccc(Cl)cc1. The van der Waals surface area contributed by atoms with Crippen molar-refractivity contribution < 1.29 is 4.79 Å². The number of amides is 1. The van der Waals surface area contributed by atoms with Gasteiger partial charge in [-0.05, 0) is 50.5 Å². The van der Waals surface area contributed by atoms with Crippen LogP contribution >= 0.6 is 11.6 Å². The summed E-state index contributed by atoms with van der Waals surface area (Å²) >= 11 is 5.94. The zero-order valence-corrected chi connectivity index (χ0v) is 16.7. The Morgan fingerprint density at radius 2 is 1.93 bits per heavy atom. The van der Waals surface area contributed by atoms with Crippen molar-refractivity contribution in [3.05, 3.63) is 51.8 Å². The number of anilines is 1. The molecule has 2 heterocycles. The van der Waals surface area contributed by atoms with Crippen molar-refractivity contribution in [2.45, 2.75) is 39.7 Å². The molecule has 142 valence electrons. The summed E-state index contributed by atoms with van der Waals surface area (Å²) < 4.78 is 1.63. The van der Waals surface area contributed by atoms with Crippen LogP contribution in [0.1, 0.15) is 41.9 Å². The molecular formula is C19H23ClN6O. The topological polar surface area (TPSA) is 89.4 Å². The van der Waals surface area contributed by atoms with Crippen LogP contribution in [0.15, 0.2) is 24.3 Å². The number of nitrogens with two attached hydrogens (primary N) is 1. The molecule has 0 saturated heterocycles. The first-order valence-electron chi connectivity index (χ1n) is 8.77. The predicted molar refractivity (Wildman–Crippen MR) is 106 cm³/mol. The minimum Gasteiger partial charge on any atom is -0.366 e. The summed E-state index contributed by atoms with van der Waals surface area (Å²) in [7, 11) is 1.82. The Hall–Kier alpha value is -2.67. The van der Waals surface area contributed by atoms with Gasteiger partial charge in [-0.15, -0.1) is 5.10 Å². The van der Waals surface area contributed by atoms with Gasteiger partial charge < -0.3 is 10.6 Å². The lowest BCUT2D eigenvalue weighted by Gasteiger charge is -2.25. The van der Waals surface area contributed by atoms with Gasteiger partial charge in [0.15, 0.2) is 0 Å². The number of nitrogens with zero attached hydrogens (tertiary/aromatic N) is 5. The number of aryl methyl sites for hydroxylation is 2. The third kappa shape index (κ3) is 3.88. The molecule has 1 unspecified atom stereocenters. The van der Waals surface area contributed by atoms with Gasteiger partial charge in [-0.25, -0.2) is 4.98 Å². The zero-order chi connectivity index (χ0) is 19.7. The highest BCUT2D eigenvalue weighted by Gasteiger charge is 2.19. The van der Waals surface area contributed by atoms with Crippen LogP contribution in [0.5, 0.6) is 0 Å². The molecule has 0 fully saturated rings. The van der Waals surface area contributed by atoms with Gasteiger partial charge in [-0.3, -0.25) is 4.79 Å². The molecule has 27 heavy (non-hydrogen) atoms. The number of halogens is 1. The second-order valence-corrected chi connectivity index (χ2v) is 7.11. The Morgan fingerprint density at radius 3 is 2.59 bits per heavy atom. The van der Waals surface area contributed by atoms with Crippen molar-refractivity contribution in [1.29, 1.82) is 0 Å². The fourth-order valence-electron chi connectivity index (χ4n) is 3.17. The molecule has 1 amide bonds. The monoisotopic (exact) mass is 386 g/mol. The minimum atomic E-state index is -0.0346. The van der Waals surface area contributed by atoms with E-state index >= 15 is 0 Å². The van der Waals surface area contributed by atoms with Crippen LogP contribution in [-0.4, -0.2) is 37.4 Å². The Labute approximate surface area is 163 Å². The van der Waals surface area contributed by atoms with Crippen molar-refractivity contribution >= 4 is 29.2 Å². The molecule has 7 nitrogen and oxygen atoms in total. The van der Waals surface area contributed by atoms with E-state index in [1.807, 2.05) is 52.1 Å². The first kappa shape index (κ1) is 19.1. The Kier molecular flexibility index (Phi) is 5.32. The number of benzene rings is 1. The summed E-state index contributed by atoms with van der Waals surface area (Å²) in [5, 5.41) is 4.85. The van der Waals surface area contributed by atoms with Crippen LogP contribution in [0.2, 0.25) is 5.02 Å². The highest BCUT2D eigenvalue weighted by Crippen LogP contribution is 2.22. The molecule has 8 heteroatoms. The van der Waals surface area contributed by atoms with Gasteiger partial charge >= 0.3 is 0 Å². The number of carbonyl (C=O) groups excluding carboxylic acids is 1. The zero-order valence-electron chi connectivity index (χ0n) is 15.9. The molecule has 3 aromatic rings. The maximum absolute atomic E-state index is 12.7. The van der Waals surface area contributed by atoms with E-state index in [0.29, 0.717) is 23.6 Å². The molecule has 0 bridgehead atoms. The highest BCUT2D eigenvalue weighted by atomic mass is 35.5. The highest BCUT2D eigenvalue weighted by molar-refractivity contribution is 6.30. The summed E-state index contributed by atoms with van der Waals surface area (Å²) in [5.74, 6) is 0.732. The van der Waals surface area contributed by atoms with E-state index in [9.17, 15) is 4.79 Å². The number of fused-ring (bicyclic) bond motifs is 1. The number of carbonyl (C=O) groups is 1. The number of hydrogen-bond donors (Lipinski definition) is 1. The van der Waals surface area contributed by atoms with E-state index in [2.05, 4.69) is 15.1 Å². The summed E-state index contributed by atoms with van der Waals surface area (Å²) in [6.45, 7) is 5.86. The lowest BCUT2D eigenvalue weighted by atomic mass is 10.0. The van der Waals surface area contributed by atoms with Crippen LogP contribution in [0, 0.1) is 13.8 Å². The average Bonchev–Trinajstić information content (AvgIpc) is 3.01. The maximum atomic E-state index is 12.7. The molecule has 0 aliphatic heterocycles. The van der Waals surface area contributed by atoms with Gasteiger partial charge in [0.1, 0.15) is 0 Å². The van der Waals surface area contributed by atoms with E-state index in [-0.39, 0.29) is 17.9 Å². The summed E-state index contributed by atoms with van der Waals surface area (Å²) in [4.78, 5) is 23.0. The molecule has 1 atom stereocenters. The standard InChI is InChI=1S/C19H23ClN6O/c1-11-16(13(3)26-19(22-11)23-18(21)24-26)9-10-17(27)25(4)12(2)14-5-7-15(20)8-6-14/h5-8,12H,9-10H2,1-4H3,(H2,21,24). The molecule has 1 aromatic carbocycles. The normalized spacial score (nSPS) is 12.3. The van der Waals surface area contributed by atoms with E-state index in [4.69, 9.17) is 17.3 Å². The van der Waals surface area contributed by atoms with Crippen LogP contribution in [0.3, 0.4) is 0 Å². The molecule has 0 aliphatic rings. The predicted octanol–water partition coefficient (Wildman–Crippen LogP) is 3.13. The van der Waals surface area contributed by atoms with Crippen molar-refractivity contribution in [3.8, 4) is 0 Å². The maximum Gasteiger partial charge on any atom is 0.254 e. The second-order valence-electron chi connectivity index (χ2n) is 6.68. The van der Waals surface area contributed by atoms with Crippen LogP contribution in [-0.2, 0) is 11.2 Å². The van der Waals surface area contributed by atoms with Gasteiger partial charge in [0.25, 0.3) is 5.78 Å². The van der Waals surface area contributed by atoms with Crippen LogP contribution in [0.25, 0.3) is 5.78 Å². The van der Waals surface area contributed by atoms with Gasteiger partial charge in [-0.1, -0.05) is 23.7 Å². The molecule has 0 saturated carbocycles. The molecular weight excluding hydrogens is 364 g/mol. The van der Waals surface area contributed by atoms with Crippen molar-refractivity contribution in [3.63, 3.8) is 0 Å². The van der Waals surface area contributed by atoms with Crippen LogP contribution < -0.4 is 5.73 Å². The van der Waals surface area contributed by atoms with Gasteiger partial charge in [0.2, 0.25) is 11.9 Å². The smallest absolute Gasteiger partial charge is 0.254 e. The lowest BCUT2D eigenvalue weighted by molar-refractivity contribution is -0.131. The lowest BCUT2D eigenvalue weighted by Crippen LogP contribution is -2.30. The number of hydrogen-bond acceptors (Lipinski definition) is 5. The Bertz CT molecular complexity index is 982. The first-order chi connectivity index (χ1) is 12.8. The summed E-state index contributed by atoms with van der Waals surface area (Å²) in [6, 6.07) is 7.52.